The zero-order chi connectivity index (χ0) is 13.9. The Morgan fingerprint density at radius 2 is 1.84 bits per heavy atom. The molecule has 0 amide bonds. The van der Waals surface area contributed by atoms with Crippen molar-refractivity contribution in [1.82, 2.24) is 0 Å². The van der Waals surface area contributed by atoms with Crippen molar-refractivity contribution in [3.8, 4) is 0 Å². The van der Waals surface area contributed by atoms with Gasteiger partial charge in [0.1, 0.15) is 5.82 Å². The van der Waals surface area contributed by atoms with Crippen molar-refractivity contribution in [2.75, 3.05) is 10.7 Å². The SMILES string of the molecule is Fc1cccc(CC(CBr)(CBr)C2CCCC2)c1Cl. The molecule has 0 N–H and O–H groups in total. The van der Waals surface area contributed by atoms with E-state index >= 15 is 0 Å². The predicted octanol–water partition coefficient (Wildman–Crippen LogP) is 5.99. The van der Waals surface area contributed by atoms with Gasteiger partial charge in [0.25, 0.3) is 0 Å². The highest BCUT2D eigenvalue weighted by molar-refractivity contribution is 9.09. The molecule has 19 heavy (non-hydrogen) atoms. The molecule has 0 radical (unpaired) electrons. The van der Waals surface area contributed by atoms with Gasteiger partial charge in [0.2, 0.25) is 0 Å². The zero-order valence-corrected chi connectivity index (χ0v) is 14.7. The van der Waals surface area contributed by atoms with Crippen LogP contribution in [0.1, 0.15) is 31.2 Å². The first-order chi connectivity index (χ1) is 9.13. The minimum atomic E-state index is -0.316. The Hall–Kier alpha value is 0.400. The largest absolute Gasteiger partial charge is 0.205 e. The normalized spacial score (nSPS) is 17.1. The maximum Gasteiger partial charge on any atom is 0.142 e. The molecule has 0 heterocycles. The minimum Gasteiger partial charge on any atom is -0.205 e. The van der Waals surface area contributed by atoms with E-state index in [4.69, 9.17) is 11.6 Å². The van der Waals surface area contributed by atoms with E-state index in [1.807, 2.05) is 6.07 Å². The summed E-state index contributed by atoms with van der Waals surface area (Å²) in [6, 6.07) is 5.12. The fourth-order valence-corrected chi connectivity index (χ4v) is 5.53. The van der Waals surface area contributed by atoms with Gasteiger partial charge in [-0.3, -0.25) is 0 Å². The molecular formula is C15H18Br2ClF. The minimum absolute atomic E-state index is 0.133. The molecule has 0 aliphatic heterocycles. The van der Waals surface area contributed by atoms with E-state index in [0.717, 1.165) is 22.6 Å². The highest BCUT2D eigenvalue weighted by atomic mass is 79.9. The third kappa shape index (κ3) is 3.36. The van der Waals surface area contributed by atoms with Gasteiger partial charge in [0.05, 0.1) is 5.02 Å². The Labute approximate surface area is 136 Å². The summed E-state index contributed by atoms with van der Waals surface area (Å²) >= 11 is 13.5. The highest BCUT2D eigenvalue weighted by Gasteiger charge is 2.39. The lowest BCUT2D eigenvalue weighted by atomic mass is 9.73. The summed E-state index contributed by atoms with van der Waals surface area (Å²) in [7, 11) is 0. The number of hydrogen-bond acceptors (Lipinski definition) is 0. The molecule has 1 fully saturated rings. The highest BCUT2D eigenvalue weighted by Crippen LogP contribution is 2.45. The molecule has 4 heteroatoms. The second-order valence-electron chi connectivity index (χ2n) is 5.50. The predicted molar refractivity (Wildman–Crippen MR) is 87.1 cm³/mol. The van der Waals surface area contributed by atoms with E-state index < -0.39 is 0 Å². The van der Waals surface area contributed by atoms with Crippen LogP contribution in [0.4, 0.5) is 4.39 Å². The molecule has 0 spiro atoms. The molecule has 2 rings (SSSR count). The van der Waals surface area contributed by atoms with Crippen LogP contribution in [0.5, 0.6) is 0 Å². The number of alkyl halides is 2. The standard InChI is InChI=1S/C15H18Br2ClF/c16-9-15(10-17,12-5-1-2-6-12)8-11-4-3-7-13(19)14(11)18/h3-4,7,12H,1-2,5-6,8-10H2. The summed E-state index contributed by atoms with van der Waals surface area (Å²) in [6.45, 7) is 0. The van der Waals surface area contributed by atoms with Crippen molar-refractivity contribution >= 4 is 43.5 Å². The molecule has 1 saturated carbocycles. The quantitative estimate of drug-likeness (QED) is 0.521. The molecule has 0 atom stereocenters. The van der Waals surface area contributed by atoms with Crippen LogP contribution >= 0.6 is 43.5 Å². The Balaban J connectivity index is 2.27. The zero-order valence-electron chi connectivity index (χ0n) is 10.8. The van der Waals surface area contributed by atoms with Crippen LogP contribution in [0.15, 0.2) is 18.2 Å². The van der Waals surface area contributed by atoms with Crippen molar-refractivity contribution in [2.24, 2.45) is 11.3 Å². The number of benzene rings is 1. The fourth-order valence-electron chi connectivity index (χ4n) is 3.10. The maximum absolute atomic E-state index is 13.6. The summed E-state index contributed by atoms with van der Waals surface area (Å²) < 4.78 is 13.6. The van der Waals surface area contributed by atoms with Gasteiger partial charge >= 0.3 is 0 Å². The van der Waals surface area contributed by atoms with Gasteiger partial charge in [-0.1, -0.05) is 68.4 Å². The Bertz CT molecular complexity index is 426. The van der Waals surface area contributed by atoms with E-state index in [-0.39, 0.29) is 16.3 Å². The molecule has 1 aliphatic rings. The first-order valence-corrected chi connectivity index (χ1v) is 9.30. The van der Waals surface area contributed by atoms with E-state index in [2.05, 4.69) is 31.9 Å². The molecular weight excluding hydrogens is 394 g/mol. The van der Waals surface area contributed by atoms with Gasteiger partial charge in [0.15, 0.2) is 0 Å². The molecule has 0 nitrogen and oxygen atoms in total. The molecule has 0 unspecified atom stereocenters. The summed E-state index contributed by atoms with van der Waals surface area (Å²) in [5.74, 6) is 0.370. The second-order valence-corrected chi connectivity index (χ2v) is 7.00. The van der Waals surface area contributed by atoms with Crippen LogP contribution < -0.4 is 0 Å². The molecule has 106 valence electrons. The first kappa shape index (κ1) is 15.8. The van der Waals surface area contributed by atoms with Crippen molar-refractivity contribution in [3.05, 3.63) is 34.6 Å². The lowest BCUT2D eigenvalue weighted by molar-refractivity contribution is 0.233. The van der Waals surface area contributed by atoms with E-state index in [9.17, 15) is 4.39 Å². The Morgan fingerprint density at radius 3 is 2.42 bits per heavy atom. The van der Waals surface area contributed by atoms with Gasteiger partial charge < -0.3 is 0 Å². The van der Waals surface area contributed by atoms with E-state index in [0.29, 0.717) is 5.92 Å². The van der Waals surface area contributed by atoms with Gasteiger partial charge in [-0.2, -0.15) is 0 Å². The average Bonchev–Trinajstić information content (AvgIpc) is 2.95. The lowest BCUT2D eigenvalue weighted by Gasteiger charge is -2.37. The van der Waals surface area contributed by atoms with Crippen LogP contribution in [-0.4, -0.2) is 10.7 Å². The summed E-state index contributed by atoms with van der Waals surface area (Å²) in [5.41, 5.74) is 1.06. The molecule has 0 saturated heterocycles. The molecule has 1 aromatic rings. The fraction of sp³-hybridized carbons (Fsp3) is 0.600. The summed E-state index contributed by atoms with van der Waals surface area (Å²) in [5, 5.41) is 2.12. The number of rotatable bonds is 5. The van der Waals surface area contributed by atoms with E-state index in [1.165, 1.54) is 31.7 Å². The van der Waals surface area contributed by atoms with Crippen molar-refractivity contribution < 1.29 is 4.39 Å². The summed E-state index contributed by atoms with van der Waals surface area (Å²) in [6.07, 6.45) is 5.98. The van der Waals surface area contributed by atoms with Crippen molar-refractivity contribution in [1.29, 1.82) is 0 Å². The average molecular weight is 413 g/mol. The third-order valence-electron chi connectivity index (χ3n) is 4.33. The van der Waals surface area contributed by atoms with Gasteiger partial charge in [-0.15, -0.1) is 0 Å². The second kappa shape index (κ2) is 6.91. The van der Waals surface area contributed by atoms with Gasteiger partial charge in [-0.05, 0) is 42.2 Å². The Kier molecular flexibility index (Phi) is 5.74. The smallest absolute Gasteiger partial charge is 0.142 e. The van der Waals surface area contributed by atoms with Crippen molar-refractivity contribution in [3.63, 3.8) is 0 Å². The first-order valence-electron chi connectivity index (χ1n) is 6.68. The van der Waals surface area contributed by atoms with Crippen LogP contribution in [0, 0.1) is 17.2 Å². The monoisotopic (exact) mass is 410 g/mol. The summed E-state index contributed by atoms with van der Waals surface area (Å²) in [4.78, 5) is 0. The Morgan fingerprint density at radius 1 is 1.21 bits per heavy atom. The van der Waals surface area contributed by atoms with Gasteiger partial charge in [0, 0.05) is 10.7 Å². The van der Waals surface area contributed by atoms with E-state index in [1.54, 1.807) is 6.07 Å². The number of hydrogen-bond donors (Lipinski definition) is 0. The van der Waals surface area contributed by atoms with Crippen LogP contribution in [0.3, 0.4) is 0 Å². The van der Waals surface area contributed by atoms with Gasteiger partial charge in [-0.25, -0.2) is 4.39 Å². The lowest BCUT2D eigenvalue weighted by Crippen LogP contribution is -2.35. The molecule has 0 aromatic heterocycles. The molecule has 1 aliphatic carbocycles. The van der Waals surface area contributed by atoms with Crippen LogP contribution in [-0.2, 0) is 6.42 Å². The van der Waals surface area contributed by atoms with Crippen molar-refractivity contribution in [2.45, 2.75) is 32.1 Å². The third-order valence-corrected chi connectivity index (χ3v) is 6.98. The van der Waals surface area contributed by atoms with Crippen LogP contribution in [0.25, 0.3) is 0 Å². The maximum atomic E-state index is 13.6. The molecule has 1 aromatic carbocycles. The topological polar surface area (TPSA) is 0 Å². The molecule has 0 bridgehead atoms. The number of halogens is 4. The van der Waals surface area contributed by atoms with Crippen LogP contribution in [0.2, 0.25) is 5.02 Å².